The van der Waals surface area contributed by atoms with E-state index < -0.39 is 0 Å². The van der Waals surface area contributed by atoms with E-state index in [4.69, 9.17) is 4.42 Å². The van der Waals surface area contributed by atoms with Gasteiger partial charge in [0.05, 0.1) is 11.1 Å². The number of aromatic nitrogens is 4. The Morgan fingerprint density at radius 3 is 2.55 bits per heavy atom. The zero-order valence-corrected chi connectivity index (χ0v) is 12.4. The Bertz CT molecular complexity index is 950. The van der Waals surface area contributed by atoms with Crippen LogP contribution in [0.25, 0.3) is 33.8 Å². The topological polar surface area (TPSA) is 47.7 Å². The normalized spacial score (nSPS) is 11.2. The summed E-state index contributed by atoms with van der Waals surface area (Å²) in [5.74, 6) is 1.07. The molecule has 5 heteroatoms. The van der Waals surface area contributed by atoms with Crippen molar-refractivity contribution >= 4 is 10.9 Å². The summed E-state index contributed by atoms with van der Waals surface area (Å²) >= 11 is 0. The largest absolute Gasteiger partial charge is 0.416 e. The number of fused-ring (bicyclic) bond motifs is 1. The first kappa shape index (κ1) is 12.8. The Morgan fingerprint density at radius 2 is 1.73 bits per heavy atom. The van der Waals surface area contributed by atoms with Crippen molar-refractivity contribution in [3.63, 3.8) is 0 Å². The van der Waals surface area contributed by atoms with E-state index in [1.807, 2.05) is 61.5 Å². The van der Waals surface area contributed by atoms with Crippen LogP contribution in [0.15, 0.2) is 59.4 Å². The molecule has 1 aromatic carbocycles. The van der Waals surface area contributed by atoms with Crippen LogP contribution in [0, 0.1) is 0 Å². The summed E-state index contributed by atoms with van der Waals surface area (Å²) in [6.45, 7) is 0. The van der Waals surface area contributed by atoms with Crippen LogP contribution in [0.4, 0.5) is 0 Å². The van der Waals surface area contributed by atoms with Crippen LogP contribution in [0.3, 0.4) is 0 Å². The van der Waals surface area contributed by atoms with Gasteiger partial charge in [-0.15, -0.1) is 10.2 Å². The van der Waals surface area contributed by atoms with Crippen LogP contribution in [0.1, 0.15) is 0 Å². The van der Waals surface area contributed by atoms with E-state index in [9.17, 15) is 0 Å². The number of nitrogens with zero attached hydrogens (tertiary/aromatic N) is 4. The van der Waals surface area contributed by atoms with E-state index in [1.165, 1.54) is 0 Å². The molecular formula is C17H15N4O+. The molecule has 0 radical (unpaired) electrons. The van der Waals surface area contributed by atoms with Crippen LogP contribution in [-0.4, -0.2) is 14.8 Å². The van der Waals surface area contributed by atoms with E-state index in [2.05, 4.69) is 26.9 Å². The summed E-state index contributed by atoms with van der Waals surface area (Å²) in [5, 5.41) is 9.50. The molecule has 0 spiro atoms. The standard InChI is InChI=1S/C17H15N4O/c1-20-9-7-12(8-10-20)16-18-19-17(22-16)14-11-21(2)15-6-4-3-5-13(14)15/h3-11H,1-2H3/q+1. The summed E-state index contributed by atoms with van der Waals surface area (Å²) in [6, 6.07) is 12.1. The minimum absolute atomic E-state index is 0.531. The fraction of sp³-hybridized carbons (Fsp3) is 0.118. The Balaban J connectivity index is 1.82. The van der Waals surface area contributed by atoms with Gasteiger partial charge in [0.1, 0.15) is 7.05 Å². The molecule has 0 fully saturated rings. The number of hydrogen-bond donors (Lipinski definition) is 0. The van der Waals surface area contributed by atoms with Gasteiger partial charge in [-0.2, -0.15) is 0 Å². The van der Waals surface area contributed by atoms with Crippen LogP contribution < -0.4 is 4.57 Å². The van der Waals surface area contributed by atoms with Gasteiger partial charge in [0, 0.05) is 36.3 Å². The minimum Gasteiger partial charge on any atom is -0.416 e. The third-order valence-electron chi connectivity index (χ3n) is 3.78. The van der Waals surface area contributed by atoms with Crippen molar-refractivity contribution in [3.8, 4) is 22.9 Å². The second-order valence-electron chi connectivity index (χ2n) is 5.34. The fourth-order valence-corrected chi connectivity index (χ4v) is 2.60. The molecule has 0 unspecified atom stereocenters. The average Bonchev–Trinajstić information content (AvgIpc) is 3.14. The van der Waals surface area contributed by atoms with E-state index >= 15 is 0 Å². The molecule has 22 heavy (non-hydrogen) atoms. The van der Waals surface area contributed by atoms with Gasteiger partial charge in [0.2, 0.25) is 11.8 Å². The maximum absolute atomic E-state index is 5.87. The zero-order chi connectivity index (χ0) is 15.1. The van der Waals surface area contributed by atoms with E-state index in [0.717, 1.165) is 22.0 Å². The molecule has 0 aliphatic heterocycles. The summed E-state index contributed by atoms with van der Waals surface area (Å²) < 4.78 is 9.90. The fourth-order valence-electron chi connectivity index (χ4n) is 2.60. The van der Waals surface area contributed by atoms with Crippen molar-refractivity contribution in [3.05, 3.63) is 55.0 Å². The molecule has 3 heterocycles. The Morgan fingerprint density at radius 1 is 1.00 bits per heavy atom. The van der Waals surface area contributed by atoms with Crippen LogP contribution >= 0.6 is 0 Å². The number of aryl methyl sites for hydroxylation is 2. The van der Waals surface area contributed by atoms with Gasteiger partial charge >= 0.3 is 0 Å². The van der Waals surface area contributed by atoms with E-state index in [0.29, 0.717) is 11.8 Å². The van der Waals surface area contributed by atoms with Gasteiger partial charge in [-0.25, -0.2) is 4.57 Å². The lowest BCUT2D eigenvalue weighted by Gasteiger charge is -1.94. The molecule has 0 aliphatic rings. The Hall–Kier alpha value is -2.95. The second kappa shape index (κ2) is 4.80. The lowest BCUT2D eigenvalue weighted by Crippen LogP contribution is -2.25. The maximum Gasteiger partial charge on any atom is 0.250 e. The van der Waals surface area contributed by atoms with Crippen molar-refractivity contribution in [1.82, 2.24) is 14.8 Å². The van der Waals surface area contributed by atoms with Crippen molar-refractivity contribution in [2.45, 2.75) is 0 Å². The van der Waals surface area contributed by atoms with Crippen molar-refractivity contribution in [2.75, 3.05) is 0 Å². The Kier molecular flexibility index (Phi) is 2.79. The molecule has 108 valence electrons. The quantitative estimate of drug-likeness (QED) is 0.534. The summed E-state index contributed by atoms with van der Waals surface area (Å²) in [5.41, 5.74) is 3.01. The van der Waals surface area contributed by atoms with Crippen molar-refractivity contribution in [1.29, 1.82) is 0 Å². The molecular weight excluding hydrogens is 276 g/mol. The number of benzene rings is 1. The molecule has 5 nitrogen and oxygen atoms in total. The first-order chi connectivity index (χ1) is 10.7. The van der Waals surface area contributed by atoms with Crippen molar-refractivity contribution in [2.24, 2.45) is 14.1 Å². The van der Waals surface area contributed by atoms with Gasteiger partial charge in [-0.1, -0.05) is 18.2 Å². The molecule has 3 aromatic heterocycles. The smallest absolute Gasteiger partial charge is 0.250 e. The molecule has 4 rings (SSSR count). The minimum atomic E-state index is 0.531. The molecule has 0 bridgehead atoms. The predicted octanol–water partition coefficient (Wildman–Crippen LogP) is 2.72. The molecule has 4 aromatic rings. The summed E-state index contributed by atoms with van der Waals surface area (Å²) in [4.78, 5) is 0. The molecule has 0 N–H and O–H groups in total. The van der Waals surface area contributed by atoms with Gasteiger partial charge in [-0.05, 0) is 6.07 Å². The van der Waals surface area contributed by atoms with Crippen LogP contribution in [0.5, 0.6) is 0 Å². The van der Waals surface area contributed by atoms with Gasteiger partial charge < -0.3 is 8.98 Å². The number of pyridine rings is 1. The first-order valence-electron chi connectivity index (χ1n) is 7.06. The Labute approximate surface area is 127 Å². The molecule has 0 saturated heterocycles. The summed E-state index contributed by atoms with van der Waals surface area (Å²) in [7, 11) is 3.99. The second-order valence-corrected chi connectivity index (χ2v) is 5.34. The third kappa shape index (κ3) is 1.98. The third-order valence-corrected chi connectivity index (χ3v) is 3.78. The molecule has 0 saturated carbocycles. The highest BCUT2D eigenvalue weighted by atomic mass is 16.4. The maximum atomic E-state index is 5.87. The number of hydrogen-bond acceptors (Lipinski definition) is 3. The van der Waals surface area contributed by atoms with E-state index in [1.54, 1.807) is 0 Å². The number of para-hydroxylation sites is 1. The lowest BCUT2D eigenvalue weighted by molar-refractivity contribution is -0.671. The zero-order valence-electron chi connectivity index (χ0n) is 12.4. The van der Waals surface area contributed by atoms with Gasteiger partial charge in [0.15, 0.2) is 12.4 Å². The average molecular weight is 291 g/mol. The SMILES string of the molecule is Cn1cc(-c2nnc(-c3cc[n+](C)cc3)o2)c2ccccc21. The predicted molar refractivity (Wildman–Crippen MR) is 82.8 cm³/mol. The molecule has 0 amide bonds. The van der Waals surface area contributed by atoms with Crippen LogP contribution in [0.2, 0.25) is 0 Å². The van der Waals surface area contributed by atoms with Crippen molar-refractivity contribution < 1.29 is 8.98 Å². The highest BCUT2D eigenvalue weighted by Crippen LogP contribution is 2.30. The molecule has 0 atom stereocenters. The summed E-state index contributed by atoms with van der Waals surface area (Å²) in [6.07, 6.45) is 5.93. The number of rotatable bonds is 2. The van der Waals surface area contributed by atoms with Gasteiger partial charge in [0.25, 0.3) is 0 Å². The van der Waals surface area contributed by atoms with Gasteiger partial charge in [-0.3, -0.25) is 0 Å². The highest BCUT2D eigenvalue weighted by molar-refractivity contribution is 5.93. The molecule has 0 aliphatic carbocycles. The first-order valence-corrected chi connectivity index (χ1v) is 7.06. The monoisotopic (exact) mass is 291 g/mol. The highest BCUT2D eigenvalue weighted by Gasteiger charge is 2.15. The lowest BCUT2D eigenvalue weighted by atomic mass is 10.2. The van der Waals surface area contributed by atoms with E-state index in [-0.39, 0.29) is 0 Å². The van der Waals surface area contributed by atoms with Crippen LogP contribution in [-0.2, 0) is 14.1 Å².